The second-order valence-corrected chi connectivity index (χ2v) is 6.88. The third-order valence-corrected chi connectivity index (χ3v) is 5.44. The van der Waals surface area contributed by atoms with E-state index in [1.807, 2.05) is 6.07 Å². The molecule has 1 aromatic heterocycles. The molecule has 0 spiro atoms. The van der Waals surface area contributed by atoms with Crippen LogP contribution in [0.15, 0.2) is 30.5 Å². The Morgan fingerprint density at radius 2 is 2.04 bits per heavy atom. The lowest BCUT2D eigenvalue weighted by Gasteiger charge is -2.25. The van der Waals surface area contributed by atoms with E-state index in [1.54, 1.807) is 0 Å². The Labute approximate surface area is 137 Å². The first-order valence-electron chi connectivity index (χ1n) is 8.88. The molecular weight excluding hydrogens is 286 g/mol. The summed E-state index contributed by atoms with van der Waals surface area (Å²) in [5.74, 6) is 0.323. The predicted octanol–water partition coefficient (Wildman–Crippen LogP) is 2.80. The topological polar surface area (TPSA) is 39.3 Å². The lowest BCUT2D eigenvalue weighted by atomic mass is 10.1. The van der Waals surface area contributed by atoms with Crippen molar-refractivity contribution in [3.05, 3.63) is 36.0 Å². The number of fused-ring (bicyclic) bond motifs is 2. The summed E-state index contributed by atoms with van der Waals surface area (Å²) in [5.41, 5.74) is 2.41. The number of nitrogens with one attached hydrogen (secondary N) is 1. The number of carbonyl (C=O) groups is 1. The van der Waals surface area contributed by atoms with Crippen LogP contribution in [0.2, 0.25) is 0 Å². The van der Waals surface area contributed by atoms with Gasteiger partial charge in [-0.3, -0.25) is 9.69 Å². The number of rotatable bonds is 3. The molecule has 0 saturated carbocycles. The molecule has 1 atom stereocenters. The lowest BCUT2D eigenvalue weighted by Crippen LogP contribution is -2.39. The van der Waals surface area contributed by atoms with Gasteiger partial charge >= 0.3 is 0 Å². The van der Waals surface area contributed by atoms with Gasteiger partial charge in [0.1, 0.15) is 0 Å². The monoisotopic (exact) mass is 311 g/mol. The van der Waals surface area contributed by atoms with Crippen molar-refractivity contribution in [2.24, 2.45) is 0 Å². The fourth-order valence-corrected chi connectivity index (χ4v) is 4.17. The molecular formula is C19H25N3O. The fraction of sp³-hybridized carbons (Fsp3) is 0.526. The van der Waals surface area contributed by atoms with Crippen molar-refractivity contribution in [3.63, 3.8) is 0 Å². The highest BCUT2D eigenvalue weighted by molar-refractivity contribution is 5.84. The number of aryl methyl sites for hydroxylation is 1. The van der Waals surface area contributed by atoms with Gasteiger partial charge in [0.2, 0.25) is 5.91 Å². The fourth-order valence-electron chi connectivity index (χ4n) is 4.17. The van der Waals surface area contributed by atoms with Crippen molar-refractivity contribution in [2.75, 3.05) is 26.2 Å². The minimum atomic E-state index is 0.323. The number of hydrogen-bond donors (Lipinski definition) is 1. The molecule has 0 aliphatic carbocycles. The molecule has 1 aromatic carbocycles. The molecule has 0 radical (unpaired) electrons. The summed E-state index contributed by atoms with van der Waals surface area (Å²) in [5, 5.41) is 1.25. The first-order chi connectivity index (χ1) is 11.3. The summed E-state index contributed by atoms with van der Waals surface area (Å²) in [6.07, 6.45) is 7.17. The van der Waals surface area contributed by atoms with E-state index in [1.165, 1.54) is 30.3 Å². The summed E-state index contributed by atoms with van der Waals surface area (Å²) in [6.45, 7) is 4.26. The summed E-state index contributed by atoms with van der Waals surface area (Å²) < 4.78 is 0. The van der Waals surface area contributed by atoms with Crippen molar-refractivity contribution in [1.29, 1.82) is 0 Å². The number of hydrogen-bond acceptors (Lipinski definition) is 2. The maximum Gasteiger partial charge on any atom is 0.222 e. The largest absolute Gasteiger partial charge is 0.361 e. The second kappa shape index (κ2) is 6.36. The number of para-hydroxylation sites is 1. The number of carbonyl (C=O) groups excluding carboxylic acids is 1. The second-order valence-electron chi connectivity index (χ2n) is 6.88. The first kappa shape index (κ1) is 14.8. The minimum absolute atomic E-state index is 0.323. The summed E-state index contributed by atoms with van der Waals surface area (Å²) in [4.78, 5) is 20.7. The number of aromatic nitrogens is 1. The van der Waals surface area contributed by atoms with E-state index < -0.39 is 0 Å². The minimum Gasteiger partial charge on any atom is -0.361 e. The van der Waals surface area contributed by atoms with Crippen LogP contribution in [0, 0.1) is 0 Å². The van der Waals surface area contributed by atoms with Crippen molar-refractivity contribution >= 4 is 16.8 Å². The molecule has 2 aliphatic rings. The molecule has 122 valence electrons. The van der Waals surface area contributed by atoms with Gasteiger partial charge in [0.15, 0.2) is 0 Å². The smallest absolute Gasteiger partial charge is 0.222 e. The quantitative estimate of drug-likeness (QED) is 0.947. The molecule has 4 heteroatoms. The highest BCUT2D eigenvalue weighted by Gasteiger charge is 2.30. The molecule has 3 heterocycles. The third kappa shape index (κ3) is 3.00. The first-order valence-corrected chi connectivity index (χ1v) is 8.88. The molecule has 4 nitrogen and oxygen atoms in total. The molecule has 2 saturated heterocycles. The van der Waals surface area contributed by atoms with Crippen LogP contribution in [0.25, 0.3) is 10.9 Å². The average Bonchev–Trinajstić information content (AvgIpc) is 3.14. The zero-order chi connectivity index (χ0) is 15.6. The standard InChI is InChI=1S/C19H25N3O/c23-19(22-12-4-11-21-10-3-5-16(21)14-22)9-8-15-13-20-18-7-2-1-6-17(15)18/h1-2,6-7,13,16,20H,3-5,8-12,14H2/t16-/m1/s1. The van der Waals surface area contributed by atoms with Gasteiger partial charge in [0.25, 0.3) is 0 Å². The molecule has 2 aromatic rings. The molecule has 0 bridgehead atoms. The van der Waals surface area contributed by atoms with E-state index in [-0.39, 0.29) is 0 Å². The van der Waals surface area contributed by atoms with Crippen molar-refractivity contribution < 1.29 is 4.79 Å². The Hall–Kier alpha value is -1.81. The van der Waals surface area contributed by atoms with E-state index >= 15 is 0 Å². The number of nitrogens with zero attached hydrogens (tertiary/aromatic N) is 2. The maximum absolute atomic E-state index is 12.7. The van der Waals surface area contributed by atoms with Crippen LogP contribution in [0.5, 0.6) is 0 Å². The Bertz CT molecular complexity index is 693. The zero-order valence-electron chi connectivity index (χ0n) is 13.6. The predicted molar refractivity (Wildman–Crippen MR) is 92.4 cm³/mol. The molecule has 1 N–H and O–H groups in total. The average molecular weight is 311 g/mol. The Balaban J connectivity index is 1.39. The van der Waals surface area contributed by atoms with Gasteiger partial charge < -0.3 is 9.88 Å². The molecule has 2 fully saturated rings. The molecule has 2 aliphatic heterocycles. The van der Waals surface area contributed by atoms with Gasteiger partial charge in [0, 0.05) is 49.2 Å². The Kier molecular flexibility index (Phi) is 4.08. The van der Waals surface area contributed by atoms with Gasteiger partial charge in [-0.2, -0.15) is 0 Å². The van der Waals surface area contributed by atoms with Crippen LogP contribution in [0.3, 0.4) is 0 Å². The van der Waals surface area contributed by atoms with E-state index in [2.05, 4.69) is 39.2 Å². The van der Waals surface area contributed by atoms with Gasteiger partial charge in [-0.1, -0.05) is 18.2 Å². The highest BCUT2D eigenvalue weighted by Crippen LogP contribution is 2.23. The number of amides is 1. The van der Waals surface area contributed by atoms with Crippen molar-refractivity contribution in [3.8, 4) is 0 Å². The normalized spacial score (nSPS) is 22.3. The Morgan fingerprint density at radius 3 is 3.00 bits per heavy atom. The van der Waals surface area contributed by atoms with Gasteiger partial charge in [-0.15, -0.1) is 0 Å². The lowest BCUT2D eigenvalue weighted by molar-refractivity contribution is -0.131. The molecule has 0 unspecified atom stereocenters. The summed E-state index contributed by atoms with van der Waals surface area (Å²) >= 11 is 0. The van der Waals surface area contributed by atoms with Crippen LogP contribution in [0.4, 0.5) is 0 Å². The Morgan fingerprint density at radius 1 is 1.17 bits per heavy atom. The number of H-pyrrole nitrogens is 1. The third-order valence-electron chi connectivity index (χ3n) is 5.44. The number of aromatic amines is 1. The van der Waals surface area contributed by atoms with Crippen molar-refractivity contribution in [1.82, 2.24) is 14.8 Å². The molecule has 4 rings (SSSR count). The zero-order valence-corrected chi connectivity index (χ0v) is 13.6. The van der Waals surface area contributed by atoms with Crippen LogP contribution < -0.4 is 0 Å². The van der Waals surface area contributed by atoms with Crippen LogP contribution in [-0.4, -0.2) is 52.9 Å². The summed E-state index contributed by atoms with van der Waals surface area (Å²) in [6, 6.07) is 8.93. The summed E-state index contributed by atoms with van der Waals surface area (Å²) in [7, 11) is 0. The van der Waals surface area contributed by atoms with Crippen molar-refractivity contribution in [2.45, 2.75) is 38.1 Å². The van der Waals surface area contributed by atoms with Crippen LogP contribution in [-0.2, 0) is 11.2 Å². The molecule has 23 heavy (non-hydrogen) atoms. The van der Waals surface area contributed by atoms with Crippen LogP contribution in [0.1, 0.15) is 31.2 Å². The van der Waals surface area contributed by atoms with Gasteiger partial charge in [-0.05, 0) is 43.9 Å². The maximum atomic E-state index is 12.7. The SMILES string of the molecule is O=C(CCc1c[nH]c2ccccc12)N1CCCN2CCC[C@@H]2C1. The molecule has 1 amide bonds. The highest BCUT2D eigenvalue weighted by atomic mass is 16.2. The van der Waals surface area contributed by atoms with Crippen LogP contribution >= 0.6 is 0 Å². The van der Waals surface area contributed by atoms with Gasteiger partial charge in [0.05, 0.1) is 0 Å². The van der Waals surface area contributed by atoms with E-state index in [0.717, 1.165) is 38.0 Å². The number of benzene rings is 1. The van der Waals surface area contributed by atoms with Gasteiger partial charge in [-0.25, -0.2) is 0 Å². The van der Waals surface area contributed by atoms with E-state index in [0.29, 0.717) is 18.4 Å². The van der Waals surface area contributed by atoms with E-state index in [9.17, 15) is 4.79 Å². The van der Waals surface area contributed by atoms with E-state index in [4.69, 9.17) is 0 Å².